The Morgan fingerprint density at radius 3 is 2.50 bits per heavy atom. The lowest BCUT2D eigenvalue weighted by Gasteiger charge is -2.30. The molecule has 92 valence electrons. The van der Waals surface area contributed by atoms with Gasteiger partial charge < -0.3 is 14.8 Å². The maximum absolute atomic E-state index is 11.9. The van der Waals surface area contributed by atoms with E-state index >= 15 is 0 Å². The highest BCUT2D eigenvalue weighted by atomic mass is 16.5. The summed E-state index contributed by atoms with van der Waals surface area (Å²) in [6.45, 7) is 5.07. The number of piperidine rings is 1. The molecule has 1 N–H and O–H groups in total. The Hall–Kier alpha value is -1.10. The normalized spacial score (nSPS) is 17.4. The van der Waals surface area contributed by atoms with Crippen molar-refractivity contribution >= 4 is 11.6 Å². The maximum Gasteiger partial charge on any atom is 0.225 e. The van der Waals surface area contributed by atoms with Gasteiger partial charge >= 0.3 is 0 Å². The van der Waals surface area contributed by atoms with Gasteiger partial charge in [0.25, 0.3) is 0 Å². The van der Waals surface area contributed by atoms with Crippen LogP contribution in [-0.4, -0.2) is 47.5 Å². The molecule has 1 saturated heterocycles. The topological polar surface area (TPSA) is 62.1 Å². The highest BCUT2D eigenvalue weighted by molar-refractivity contribution is 5.87. The Morgan fingerprint density at radius 1 is 1.50 bits per heavy atom. The van der Waals surface area contributed by atoms with Crippen LogP contribution in [0.25, 0.3) is 0 Å². The number of hydrogen-bond acceptors (Lipinski definition) is 4. The summed E-state index contributed by atoms with van der Waals surface area (Å²) in [6, 6.07) is 0. The average molecular weight is 228 g/mol. The van der Waals surface area contributed by atoms with Crippen LogP contribution in [0.4, 0.5) is 0 Å². The summed E-state index contributed by atoms with van der Waals surface area (Å²) in [5.74, 6) is 0.101. The summed E-state index contributed by atoms with van der Waals surface area (Å²) >= 11 is 0. The largest absolute Gasteiger partial charge is 0.411 e. The molecule has 0 atom stereocenters. The number of oxime groups is 1. The van der Waals surface area contributed by atoms with Crippen LogP contribution in [0.3, 0.4) is 0 Å². The second kappa shape index (κ2) is 5.30. The van der Waals surface area contributed by atoms with Crippen molar-refractivity contribution in [1.29, 1.82) is 0 Å². The number of ether oxygens (including phenoxy) is 1. The van der Waals surface area contributed by atoms with Crippen LogP contribution in [0.2, 0.25) is 0 Å². The maximum atomic E-state index is 11.9. The van der Waals surface area contributed by atoms with E-state index in [0.717, 1.165) is 5.71 Å². The van der Waals surface area contributed by atoms with Crippen LogP contribution in [0, 0.1) is 0 Å². The highest BCUT2D eigenvalue weighted by Gasteiger charge is 2.26. The Morgan fingerprint density at radius 2 is 2.06 bits per heavy atom. The van der Waals surface area contributed by atoms with Crippen molar-refractivity contribution < 1.29 is 14.7 Å². The number of amides is 1. The standard InChI is InChI=1S/C11H20N2O3/c1-11(2,16-3)8-10(14)13-6-4-9(12-15)5-7-13/h15H,4-8H2,1-3H3. The number of rotatable bonds is 3. The summed E-state index contributed by atoms with van der Waals surface area (Å²) in [7, 11) is 1.61. The molecule has 0 saturated carbocycles. The van der Waals surface area contributed by atoms with E-state index in [0.29, 0.717) is 32.4 Å². The monoisotopic (exact) mass is 228 g/mol. The second-order valence-corrected chi connectivity index (χ2v) is 4.69. The van der Waals surface area contributed by atoms with Gasteiger partial charge in [0, 0.05) is 33.0 Å². The number of hydrogen-bond donors (Lipinski definition) is 1. The van der Waals surface area contributed by atoms with E-state index in [2.05, 4.69) is 5.16 Å². The van der Waals surface area contributed by atoms with Gasteiger partial charge in [-0.25, -0.2) is 0 Å². The predicted molar refractivity (Wildman–Crippen MR) is 60.7 cm³/mol. The molecule has 16 heavy (non-hydrogen) atoms. The number of nitrogens with zero attached hydrogens (tertiary/aromatic N) is 2. The molecule has 0 unspecified atom stereocenters. The molecule has 0 aromatic rings. The van der Waals surface area contributed by atoms with E-state index in [1.807, 2.05) is 13.8 Å². The molecule has 1 aliphatic heterocycles. The molecule has 1 fully saturated rings. The van der Waals surface area contributed by atoms with Gasteiger partial charge in [0.2, 0.25) is 5.91 Å². The van der Waals surface area contributed by atoms with E-state index < -0.39 is 5.60 Å². The third-order valence-corrected chi connectivity index (χ3v) is 2.96. The predicted octanol–water partition coefficient (Wildman–Crippen LogP) is 1.25. The van der Waals surface area contributed by atoms with Crippen molar-refractivity contribution in [2.75, 3.05) is 20.2 Å². The first-order valence-corrected chi connectivity index (χ1v) is 5.51. The second-order valence-electron chi connectivity index (χ2n) is 4.69. The quantitative estimate of drug-likeness (QED) is 0.584. The van der Waals surface area contributed by atoms with Gasteiger partial charge in [-0.3, -0.25) is 4.79 Å². The fourth-order valence-electron chi connectivity index (χ4n) is 1.66. The lowest BCUT2D eigenvalue weighted by Crippen LogP contribution is -2.42. The van der Waals surface area contributed by atoms with Crippen molar-refractivity contribution in [2.24, 2.45) is 5.16 Å². The average Bonchev–Trinajstić information content (AvgIpc) is 2.28. The summed E-state index contributed by atoms with van der Waals surface area (Å²) < 4.78 is 5.23. The summed E-state index contributed by atoms with van der Waals surface area (Å²) in [5.41, 5.74) is 0.359. The van der Waals surface area contributed by atoms with E-state index in [1.165, 1.54) is 0 Å². The molecule has 1 rings (SSSR count). The fourth-order valence-corrected chi connectivity index (χ4v) is 1.66. The van der Waals surface area contributed by atoms with Gasteiger partial charge in [-0.05, 0) is 13.8 Å². The molecular formula is C11H20N2O3. The minimum Gasteiger partial charge on any atom is -0.411 e. The first-order valence-electron chi connectivity index (χ1n) is 5.51. The SMILES string of the molecule is COC(C)(C)CC(=O)N1CCC(=NO)CC1. The van der Waals surface area contributed by atoms with Crippen molar-refractivity contribution in [3.8, 4) is 0 Å². The molecule has 0 bridgehead atoms. The van der Waals surface area contributed by atoms with Crippen LogP contribution >= 0.6 is 0 Å². The molecule has 0 spiro atoms. The van der Waals surface area contributed by atoms with E-state index in [9.17, 15) is 4.79 Å². The molecular weight excluding hydrogens is 208 g/mol. The van der Waals surface area contributed by atoms with E-state index in [4.69, 9.17) is 9.94 Å². The summed E-state index contributed by atoms with van der Waals surface area (Å²) in [4.78, 5) is 13.7. The van der Waals surface area contributed by atoms with E-state index in [-0.39, 0.29) is 5.91 Å². The fraction of sp³-hybridized carbons (Fsp3) is 0.818. The molecule has 1 amide bonds. The van der Waals surface area contributed by atoms with Crippen LogP contribution in [0.15, 0.2) is 5.16 Å². The van der Waals surface area contributed by atoms with Gasteiger partial charge in [-0.1, -0.05) is 5.16 Å². The van der Waals surface area contributed by atoms with Gasteiger partial charge in [0.1, 0.15) is 0 Å². The minimum absolute atomic E-state index is 0.101. The number of carbonyl (C=O) groups excluding carboxylic acids is 1. The molecule has 0 aliphatic carbocycles. The first-order chi connectivity index (χ1) is 7.48. The van der Waals surface area contributed by atoms with Gasteiger partial charge in [-0.2, -0.15) is 0 Å². The lowest BCUT2D eigenvalue weighted by molar-refractivity contribution is -0.136. The Labute approximate surface area is 96.1 Å². The molecule has 0 aromatic heterocycles. The molecule has 1 heterocycles. The highest BCUT2D eigenvalue weighted by Crippen LogP contribution is 2.17. The van der Waals surface area contributed by atoms with Gasteiger partial charge in [-0.15, -0.1) is 0 Å². The Kier molecular flexibility index (Phi) is 4.29. The zero-order valence-electron chi connectivity index (χ0n) is 10.2. The molecule has 0 aromatic carbocycles. The molecule has 0 radical (unpaired) electrons. The number of likely N-dealkylation sites (tertiary alicyclic amines) is 1. The van der Waals surface area contributed by atoms with Gasteiger partial charge in [0.15, 0.2) is 0 Å². The Bertz CT molecular complexity index is 277. The molecule has 5 nitrogen and oxygen atoms in total. The van der Waals surface area contributed by atoms with Crippen LogP contribution in [-0.2, 0) is 9.53 Å². The third kappa shape index (κ3) is 3.48. The molecule has 1 aliphatic rings. The zero-order valence-corrected chi connectivity index (χ0v) is 10.2. The third-order valence-electron chi connectivity index (χ3n) is 2.96. The number of methoxy groups -OCH3 is 1. The number of carbonyl (C=O) groups is 1. The van der Waals surface area contributed by atoms with Crippen molar-refractivity contribution in [3.05, 3.63) is 0 Å². The van der Waals surface area contributed by atoms with Crippen LogP contribution in [0.5, 0.6) is 0 Å². The first kappa shape index (κ1) is 13.0. The van der Waals surface area contributed by atoms with E-state index in [1.54, 1.807) is 12.0 Å². The summed E-state index contributed by atoms with van der Waals surface area (Å²) in [6.07, 6.45) is 1.71. The zero-order chi connectivity index (χ0) is 12.2. The Balaban J connectivity index is 2.45. The van der Waals surface area contributed by atoms with Crippen LogP contribution < -0.4 is 0 Å². The minimum atomic E-state index is -0.414. The van der Waals surface area contributed by atoms with Crippen molar-refractivity contribution in [3.63, 3.8) is 0 Å². The van der Waals surface area contributed by atoms with Crippen LogP contribution in [0.1, 0.15) is 33.1 Å². The lowest BCUT2D eigenvalue weighted by atomic mass is 10.0. The van der Waals surface area contributed by atoms with Crippen molar-refractivity contribution in [1.82, 2.24) is 4.90 Å². The smallest absolute Gasteiger partial charge is 0.225 e. The molecule has 5 heteroatoms. The van der Waals surface area contributed by atoms with Gasteiger partial charge in [0.05, 0.1) is 17.7 Å². The summed E-state index contributed by atoms with van der Waals surface area (Å²) in [5, 5.41) is 11.8. The van der Waals surface area contributed by atoms with Crippen molar-refractivity contribution in [2.45, 2.75) is 38.7 Å².